The highest BCUT2D eigenvalue weighted by Crippen LogP contribution is 2.28. The van der Waals surface area contributed by atoms with Crippen LogP contribution in [0.1, 0.15) is 35.1 Å². The third-order valence-corrected chi connectivity index (χ3v) is 4.28. The summed E-state index contributed by atoms with van der Waals surface area (Å²) in [5.41, 5.74) is 0.262. The van der Waals surface area contributed by atoms with Crippen molar-refractivity contribution in [1.29, 1.82) is 0 Å². The van der Waals surface area contributed by atoms with Crippen LogP contribution in [0, 0.1) is 0 Å². The van der Waals surface area contributed by atoms with Crippen LogP contribution in [-0.2, 0) is 9.84 Å². The predicted octanol–water partition coefficient (Wildman–Crippen LogP) is 0.779. The summed E-state index contributed by atoms with van der Waals surface area (Å²) < 4.78 is 27.5. The van der Waals surface area contributed by atoms with Gasteiger partial charge in [-0.05, 0) is 12.8 Å². The summed E-state index contributed by atoms with van der Waals surface area (Å²) in [6.45, 7) is 0. The summed E-state index contributed by atoms with van der Waals surface area (Å²) in [4.78, 5) is 14.4. The van der Waals surface area contributed by atoms with Crippen molar-refractivity contribution in [3.05, 3.63) is 17.8 Å². The highest BCUT2D eigenvalue weighted by Gasteiger charge is 2.27. The van der Waals surface area contributed by atoms with E-state index < -0.39 is 9.84 Å². The molecule has 0 amide bonds. The van der Waals surface area contributed by atoms with E-state index in [1.54, 1.807) is 0 Å². The largest absolute Gasteiger partial charge is 0.448 e. The van der Waals surface area contributed by atoms with Gasteiger partial charge in [0.25, 0.3) is 0 Å². The molecule has 2 rings (SSSR count). The molecule has 0 bridgehead atoms. The molecule has 0 aliphatic carbocycles. The van der Waals surface area contributed by atoms with E-state index in [1.807, 2.05) is 0 Å². The lowest BCUT2D eigenvalue weighted by Crippen LogP contribution is -2.22. The Balaban J connectivity index is 2.10. The summed E-state index contributed by atoms with van der Waals surface area (Å²) in [6.07, 6.45) is 2.97. The van der Waals surface area contributed by atoms with Crippen LogP contribution in [0.5, 0.6) is 0 Å². The number of rotatable bonds is 2. The lowest BCUT2D eigenvalue weighted by molar-refractivity contribution is 0.111. The minimum absolute atomic E-state index is 0.0298. The molecule has 0 atom stereocenters. The molecule has 0 aromatic carbocycles. The molecule has 0 radical (unpaired) electrons. The van der Waals surface area contributed by atoms with Crippen LogP contribution in [0.25, 0.3) is 0 Å². The minimum atomic E-state index is -2.86. The molecule has 1 saturated heterocycles. The molecular weight excluding hydrogens is 218 g/mol. The van der Waals surface area contributed by atoms with Crippen LogP contribution in [-0.4, -0.2) is 31.2 Å². The maximum absolute atomic E-state index is 11.2. The number of sulfone groups is 1. The fourth-order valence-corrected chi connectivity index (χ4v) is 3.17. The van der Waals surface area contributed by atoms with Gasteiger partial charge in [0, 0.05) is 5.92 Å². The maximum atomic E-state index is 11.2. The number of aromatic nitrogens is 1. The molecule has 0 spiro atoms. The van der Waals surface area contributed by atoms with Gasteiger partial charge >= 0.3 is 0 Å². The molecular formula is C9H11NO4S. The molecule has 1 aromatic heterocycles. The molecule has 2 heterocycles. The van der Waals surface area contributed by atoms with Crippen molar-refractivity contribution < 1.29 is 17.6 Å². The second kappa shape index (κ2) is 3.77. The quantitative estimate of drug-likeness (QED) is 0.700. The Morgan fingerprint density at radius 1 is 1.40 bits per heavy atom. The Bertz CT molecular complexity index is 448. The van der Waals surface area contributed by atoms with Crippen LogP contribution >= 0.6 is 0 Å². The fraction of sp³-hybridized carbons (Fsp3) is 0.556. The summed E-state index contributed by atoms with van der Waals surface area (Å²) in [5, 5.41) is 0. The number of hydrogen-bond donors (Lipinski definition) is 0. The molecule has 1 aliphatic heterocycles. The second-order valence-corrected chi connectivity index (χ2v) is 5.96. The zero-order chi connectivity index (χ0) is 10.9. The Labute approximate surface area is 87.4 Å². The lowest BCUT2D eigenvalue weighted by Gasteiger charge is -2.18. The number of carbonyl (C=O) groups excluding carboxylic acids is 1. The van der Waals surface area contributed by atoms with Gasteiger partial charge in [-0.25, -0.2) is 13.4 Å². The van der Waals surface area contributed by atoms with Gasteiger partial charge in [-0.3, -0.25) is 4.79 Å². The number of carbonyl (C=O) groups is 1. The lowest BCUT2D eigenvalue weighted by atomic mass is 10.0. The van der Waals surface area contributed by atoms with Gasteiger partial charge in [0.2, 0.25) is 0 Å². The molecule has 15 heavy (non-hydrogen) atoms. The first-order valence-electron chi connectivity index (χ1n) is 4.72. The SMILES string of the molecule is O=Cc1coc(C2CCS(=O)(=O)CC2)n1. The van der Waals surface area contributed by atoms with Gasteiger partial charge < -0.3 is 4.42 Å². The second-order valence-electron chi connectivity index (χ2n) is 3.65. The average molecular weight is 229 g/mol. The number of aldehydes is 1. The zero-order valence-electron chi connectivity index (χ0n) is 8.05. The van der Waals surface area contributed by atoms with Crippen LogP contribution < -0.4 is 0 Å². The average Bonchev–Trinajstić information content (AvgIpc) is 2.66. The summed E-state index contributed by atoms with van der Waals surface area (Å²) in [6, 6.07) is 0. The molecule has 0 saturated carbocycles. The Morgan fingerprint density at radius 3 is 2.60 bits per heavy atom. The highest BCUT2D eigenvalue weighted by atomic mass is 32.2. The van der Waals surface area contributed by atoms with Crippen LogP contribution in [0.2, 0.25) is 0 Å². The first kappa shape index (κ1) is 10.4. The molecule has 0 N–H and O–H groups in total. The first-order chi connectivity index (χ1) is 7.11. The molecule has 6 heteroatoms. The third-order valence-electron chi connectivity index (χ3n) is 2.56. The van der Waals surface area contributed by atoms with Gasteiger partial charge in [-0.15, -0.1) is 0 Å². The Morgan fingerprint density at radius 2 is 2.07 bits per heavy atom. The number of nitrogens with zero attached hydrogens (tertiary/aromatic N) is 1. The van der Waals surface area contributed by atoms with Gasteiger partial charge in [-0.1, -0.05) is 0 Å². The number of hydrogen-bond acceptors (Lipinski definition) is 5. The van der Waals surface area contributed by atoms with E-state index in [2.05, 4.69) is 4.98 Å². The van der Waals surface area contributed by atoms with Crippen molar-refractivity contribution in [3.63, 3.8) is 0 Å². The Hall–Kier alpha value is -1.17. The third kappa shape index (κ3) is 2.26. The number of oxazole rings is 1. The van der Waals surface area contributed by atoms with Crippen molar-refractivity contribution in [2.24, 2.45) is 0 Å². The molecule has 82 valence electrons. The van der Waals surface area contributed by atoms with Crippen molar-refractivity contribution in [3.8, 4) is 0 Å². The van der Waals surface area contributed by atoms with E-state index in [4.69, 9.17) is 4.42 Å². The van der Waals surface area contributed by atoms with E-state index in [-0.39, 0.29) is 23.1 Å². The van der Waals surface area contributed by atoms with Crippen molar-refractivity contribution in [2.75, 3.05) is 11.5 Å². The fourth-order valence-electron chi connectivity index (χ4n) is 1.68. The molecule has 5 nitrogen and oxygen atoms in total. The summed E-state index contributed by atoms with van der Waals surface area (Å²) in [5.74, 6) is 0.863. The van der Waals surface area contributed by atoms with Crippen LogP contribution in [0.3, 0.4) is 0 Å². The maximum Gasteiger partial charge on any atom is 0.197 e. The van der Waals surface area contributed by atoms with E-state index in [0.29, 0.717) is 25.0 Å². The topological polar surface area (TPSA) is 77.2 Å². The van der Waals surface area contributed by atoms with E-state index in [9.17, 15) is 13.2 Å². The van der Waals surface area contributed by atoms with Crippen molar-refractivity contribution in [1.82, 2.24) is 4.98 Å². The van der Waals surface area contributed by atoms with Gasteiger partial charge in [0.05, 0.1) is 11.5 Å². The molecule has 1 aromatic rings. The van der Waals surface area contributed by atoms with E-state index in [0.717, 1.165) is 0 Å². The molecule has 1 fully saturated rings. The Kier molecular flexibility index (Phi) is 2.60. The van der Waals surface area contributed by atoms with E-state index >= 15 is 0 Å². The smallest absolute Gasteiger partial charge is 0.197 e. The van der Waals surface area contributed by atoms with Crippen molar-refractivity contribution >= 4 is 16.1 Å². The van der Waals surface area contributed by atoms with E-state index in [1.165, 1.54) is 6.26 Å². The first-order valence-corrected chi connectivity index (χ1v) is 6.54. The van der Waals surface area contributed by atoms with Gasteiger partial charge in [-0.2, -0.15) is 0 Å². The summed E-state index contributed by atoms with van der Waals surface area (Å²) in [7, 11) is -2.86. The standard InChI is InChI=1S/C9H11NO4S/c11-5-8-6-14-9(10-8)7-1-3-15(12,13)4-2-7/h5-7H,1-4H2. The minimum Gasteiger partial charge on any atom is -0.448 e. The monoisotopic (exact) mass is 229 g/mol. The molecule has 0 unspecified atom stereocenters. The van der Waals surface area contributed by atoms with Crippen LogP contribution in [0.4, 0.5) is 0 Å². The normalized spacial score (nSPS) is 21.3. The van der Waals surface area contributed by atoms with Crippen molar-refractivity contribution in [2.45, 2.75) is 18.8 Å². The highest BCUT2D eigenvalue weighted by molar-refractivity contribution is 7.91. The van der Waals surface area contributed by atoms with Gasteiger partial charge in [0.15, 0.2) is 12.2 Å². The molecule has 1 aliphatic rings. The van der Waals surface area contributed by atoms with Crippen LogP contribution in [0.15, 0.2) is 10.7 Å². The predicted molar refractivity (Wildman–Crippen MR) is 52.5 cm³/mol. The zero-order valence-corrected chi connectivity index (χ0v) is 8.87. The van der Waals surface area contributed by atoms with Gasteiger partial charge in [0.1, 0.15) is 21.8 Å². The summed E-state index contributed by atoms with van der Waals surface area (Å²) >= 11 is 0.